The van der Waals surface area contributed by atoms with Gasteiger partial charge in [0.05, 0.1) is 6.17 Å². The number of amides is 2. The molecule has 2 atom stereocenters. The molecular weight excluding hydrogens is 194 g/mol. The van der Waals surface area contributed by atoms with Crippen LogP contribution >= 0.6 is 0 Å². The predicted molar refractivity (Wildman–Crippen MR) is 55.0 cm³/mol. The Balaban J connectivity index is 2.12. The minimum absolute atomic E-state index is 0.0672. The Morgan fingerprint density at radius 1 is 1.33 bits per heavy atom. The van der Waals surface area contributed by atoms with Gasteiger partial charge in [0.15, 0.2) is 0 Å². The van der Waals surface area contributed by atoms with Gasteiger partial charge in [-0.15, -0.1) is 0 Å². The molecule has 2 heterocycles. The first-order valence-corrected chi connectivity index (χ1v) is 5.42. The Hall–Kier alpha value is -1.10. The van der Waals surface area contributed by atoms with Gasteiger partial charge in [0, 0.05) is 19.6 Å². The second-order valence-electron chi connectivity index (χ2n) is 4.33. The molecule has 0 aliphatic carbocycles. The number of likely N-dealkylation sites (N-methyl/N-ethyl adjacent to an activating group) is 1. The molecule has 2 aliphatic rings. The van der Waals surface area contributed by atoms with E-state index >= 15 is 0 Å². The van der Waals surface area contributed by atoms with Gasteiger partial charge in [0.25, 0.3) is 0 Å². The van der Waals surface area contributed by atoms with Crippen molar-refractivity contribution in [2.75, 3.05) is 20.1 Å². The van der Waals surface area contributed by atoms with Crippen molar-refractivity contribution < 1.29 is 9.59 Å². The van der Waals surface area contributed by atoms with E-state index in [1.165, 1.54) is 4.90 Å². The Morgan fingerprint density at radius 3 is 2.67 bits per heavy atom. The van der Waals surface area contributed by atoms with Crippen molar-refractivity contribution in [2.24, 2.45) is 0 Å². The van der Waals surface area contributed by atoms with Gasteiger partial charge in [-0.2, -0.15) is 0 Å². The van der Waals surface area contributed by atoms with E-state index in [0.717, 1.165) is 19.4 Å². The van der Waals surface area contributed by atoms with Crippen LogP contribution in [-0.4, -0.2) is 54.0 Å². The molecular formula is C10H17N3O2. The van der Waals surface area contributed by atoms with Crippen molar-refractivity contribution >= 4 is 11.8 Å². The van der Waals surface area contributed by atoms with Gasteiger partial charge in [-0.05, 0) is 26.3 Å². The number of nitrogens with zero attached hydrogens (tertiary/aromatic N) is 2. The molecule has 2 saturated heterocycles. The number of rotatable bonds is 1. The fourth-order valence-electron chi connectivity index (χ4n) is 2.16. The summed E-state index contributed by atoms with van der Waals surface area (Å²) in [7, 11) is 1.68. The number of carbonyl (C=O) groups is 2. The van der Waals surface area contributed by atoms with E-state index in [9.17, 15) is 9.59 Å². The van der Waals surface area contributed by atoms with E-state index in [0.29, 0.717) is 6.54 Å². The largest absolute Gasteiger partial charge is 0.333 e. The summed E-state index contributed by atoms with van der Waals surface area (Å²) in [5, 5.41) is 3.25. The molecule has 0 bridgehead atoms. The third-order valence-corrected chi connectivity index (χ3v) is 3.30. The molecule has 15 heavy (non-hydrogen) atoms. The van der Waals surface area contributed by atoms with Crippen LogP contribution in [-0.2, 0) is 9.59 Å². The molecule has 84 valence electrons. The average Bonchev–Trinajstić information content (AvgIpc) is 2.73. The SMILES string of the molecule is CC1CN(C2CCCN2)C(=O)C(=O)N1C. The summed E-state index contributed by atoms with van der Waals surface area (Å²) in [6.07, 6.45) is 2.10. The van der Waals surface area contributed by atoms with Gasteiger partial charge in [-0.3, -0.25) is 14.9 Å². The summed E-state index contributed by atoms with van der Waals surface area (Å²) < 4.78 is 0. The van der Waals surface area contributed by atoms with Gasteiger partial charge in [0.2, 0.25) is 0 Å². The van der Waals surface area contributed by atoms with Crippen molar-refractivity contribution in [2.45, 2.75) is 32.0 Å². The quantitative estimate of drug-likeness (QED) is 0.588. The van der Waals surface area contributed by atoms with Crippen LogP contribution in [0.5, 0.6) is 0 Å². The first-order valence-electron chi connectivity index (χ1n) is 5.42. The number of nitrogens with one attached hydrogen (secondary N) is 1. The molecule has 0 aromatic rings. The molecule has 2 unspecified atom stereocenters. The van der Waals surface area contributed by atoms with Crippen LogP contribution in [0.3, 0.4) is 0 Å². The van der Waals surface area contributed by atoms with E-state index in [-0.39, 0.29) is 24.0 Å². The van der Waals surface area contributed by atoms with Crippen LogP contribution in [0.4, 0.5) is 0 Å². The minimum atomic E-state index is -0.387. The molecule has 2 aliphatic heterocycles. The second-order valence-corrected chi connectivity index (χ2v) is 4.33. The number of hydrogen-bond donors (Lipinski definition) is 1. The van der Waals surface area contributed by atoms with Gasteiger partial charge in [0.1, 0.15) is 0 Å². The normalized spacial score (nSPS) is 32.7. The Labute approximate surface area is 89.4 Å². The van der Waals surface area contributed by atoms with Crippen molar-refractivity contribution in [1.29, 1.82) is 0 Å². The molecule has 0 spiro atoms. The van der Waals surface area contributed by atoms with Crippen LogP contribution in [0.1, 0.15) is 19.8 Å². The maximum absolute atomic E-state index is 11.8. The van der Waals surface area contributed by atoms with Crippen LogP contribution in [0.15, 0.2) is 0 Å². The number of carbonyl (C=O) groups excluding carboxylic acids is 2. The summed E-state index contributed by atoms with van der Waals surface area (Å²) in [6.45, 7) is 3.54. The summed E-state index contributed by atoms with van der Waals surface area (Å²) >= 11 is 0. The third kappa shape index (κ3) is 1.71. The number of piperazine rings is 1. The van der Waals surface area contributed by atoms with Crippen LogP contribution < -0.4 is 5.32 Å². The fourth-order valence-corrected chi connectivity index (χ4v) is 2.16. The average molecular weight is 211 g/mol. The summed E-state index contributed by atoms with van der Waals surface area (Å²) in [6, 6.07) is 0.109. The minimum Gasteiger partial charge on any atom is -0.333 e. The predicted octanol–water partition coefficient (Wildman–Crippen LogP) is -0.615. The molecule has 5 heteroatoms. The summed E-state index contributed by atoms with van der Waals surface area (Å²) in [5.41, 5.74) is 0. The lowest BCUT2D eigenvalue weighted by Gasteiger charge is -2.39. The first kappa shape index (κ1) is 10.4. The number of hydrogen-bond acceptors (Lipinski definition) is 3. The Kier molecular flexibility index (Phi) is 2.65. The highest BCUT2D eigenvalue weighted by Gasteiger charge is 2.38. The van der Waals surface area contributed by atoms with Gasteiger partial charge in [-0.25, -0.2) is 0 Å². The first-order chi connectivity index (χ1) is 7.11. The zero-order valence-electron chi connectivity index (χ0n) is 9.19. The third-order valence-electron chi connectivity index (χ3n) is 3.30. The summed E-state index contributed by atoms with van der Waals surface area (Å²) in [4.78, 5) is 26.6. The van der Waals surface area contributed by atoms with E-state index in [1.54, 1.807) is 11.9 Å². The molecule has 0 aromatic carbocycles. The van der Waals surface area contributed by atoms with Crippen molar-refractivity contribution in [3.05, 3.63) is 0 Å². The maximum atomic E-state index is 11.8. The smallest absolute Gasteiger partial charge is 0.313 e. The Bertz CT molecular complexity index is 286. The van der Waals surface area contributed by atoms with E-state index in [1.807, 2.05) is 6.92 Å². The zero-order chi connectivity index (χ0) is 11.0. The zero-order valence-corrected chi connectivity index (χ0v) is 9.19. The molecule has 0 saturated carbocycles. The second kappa shape index (κ2) is 3.81. The molecule has 2 fully saturated rings. The van der Waals surface area contributed by atoms with Crippen LogP contribution in [0.25, 0.3) is 0 Å². The lowest BCUT2D eigenvalue weighted by molar-refractivity contribution is -0.159. The lowest BCUT2D eigenvalue weighted by Crippen LogP contribution is -2.61. The van der Waals surface area contributed by atoms with Crippen molar-refractivity contribution in [3.8, 4) is 0 Å². The topological polar surface area (TPSA) is 52.7 Å². The molecule has 2 rings (SSSR count). The van der Waals surface area contributed by atoms with E-state index < -0.39 is 0 Å². The monoisotopic (exact) mass is 211 g/mol. The Morgan fingerprint density at radius 2 is 2.07 bits per heavy atom. The van der Waals surface area contributed by atoms with Crippen LogP contribution in [0.2, 0.25) is 0 Å². The van der Waals surface area contributed by atoms with E-state index in [4.69, 9.17) is 0 Å². The molecule has 0 aromatic heterocycles. The van der Waals surface area contributed by atoms with Gasteiger partial charge in [-0.1, -0.05) is 0 Å². The standard InChI is InChI=1S/C10H17N3O2/c1-7-6-13(8-4-3-5-11-8)10(15)9(14)12(7)2/h7-8,11H,3-6H2,1-2H3. The highest BCUT2D eigenvalue weighted by molar-refractivity contribution is 6.35. The van der Waals surface area contributed by atoms with Crippen molar-refractivity contribution in [3.63, 3.8) is 0 Å². The van der Waals surface area contributed by atoms with Crippen LogP contribution in [0, 0.1) is 0 Å². The van der Waals surface area contributed by atoms with Gasteiger partial charge >= 0.3 is 11.8 Å². The fraction of sp³-hybridized carbons (Fsp3) is 0.800. The van der Waals surface area contributed by atoms with Crippen molar-refractivity contribution in [1.82, 2.24) is 15.1 Å². The lowest BCUT2D eigenvalue weighted by atomic mass is 10.1. The highest BCUT2D eigenvalue weighted by atomic mass is 16.2. The molecule has 0 radical (unpaired) electrons. The molecule has 1 N–H and O–H groups in total. The highest BCUT2D eigenvalue weighted by Crippen LogP contribution is 2.17. The summed E-state index contributed by atoms with van der Waals surface area (Å²) in [5.74, 6) is -0.752. The molecule has 5 nitrogen and oxygen atoms in total. The van der Waals surface area contributed by atoms with Gasteiger partial charge < -0.3 is 9.80 Å². The molecule has 2 amide bonds. The maximum Gasteiger partial charge on any atom is 0.313 e. The van der Waals surface area contributed by atoms with E-state index in [2.05, 4.69) is 5.32 Å².